The van der Waals surface area contributed by atoms with Gasteiger partial charge in [-0.1, -0.05) is 38.1 Å². The monoisotopic (exact) mass is 390 g/mol. The summed E-state index contributed by atoms with van der Waals surface area (Å²) in [5.74, 6) is 0.534. The molecule has 0 heterocycles. The maximum absolute atomic E-state index is 12.3. The molecule has 0 spiro atoms. The van der Waals surface area contributed by atoms with E-state index in [1.807, 2.05) is 26.0 Å². The fraction of sp³-hybridized carbons (Fsp3) is 0.350. The molecular weight excluding hydrogens is 364 g/mol. The first-order chi connectivity index (χ1) is 12.7. The molecule has 0 aliphatic heterocycles. The molecule has 0 radical (unpaired) electrons. The van der Waals surface area contributed by atoms with Crippen molar-refractivity contribution in [2.24, 2.45) is 0 Å². The lowest BCUT2D eigenvalue weighted by atomic mass is 10.0. The van der Waals surface area contributed by atoms with E-state index in [-0.39, 0.29) is 24.8 Å². The summed E-state index contributed by atoms with van der Waals surface area (Å²) in [6.07, 6.45) is 1.20. The number of nitrogens with one attached hydrogen (secondary N) is 1. The van der Waals surface area contributed by atoms with E-state index in [1.54, 1.807) is 43.5 Å². The molecule has 2 aromatic rings. The van der Waals surface area contributed by atoms with Gasteiger partial charge in [-0.3, -0.25) is 9.10 Å². The van der Waals surface area contributed by atoms with Crippen molar-refractivity contribution in [3.63, 3.8) is 0 Å². The minimum absolute atomic E-state index is 0.0384. The quantitative estimate of drug-likeness (QED) is 0.747. The summed E-state index contributed by atoms with van der Waals surface area (Å²) >= 11 is 0. The zero-order valence-corrected chi connectivity index (χ0v) is 16.9. The number of anilines is 2. The average Bonchev–Trinajstić information content (AvgIpc) is 2.61. The number of para-hydroxylation sites is 1. The molecule has 1 amide bonds. The summed E-state index contributed by atoms with van der Waals surface area (Å²) < 4.78 is 31.1. The van der Waals surface area contributed by atoms with Gasteiger partial charge < -0.3 is 10.1 Å². The highest BCUT2D eigenvalue weighted by atomic mass is 32.2. The summed E-state index contributed by atoms with van der Waals surface area (Å²) in [7, 11) is -1.97. The highest BCUT2D eigenvalue weighted by molar-refractivity contribution is 7.92. The second-order valence-corrected chi connectivity index (χ2v) is 8.49. The van der Waals surface area contributed by atoms with E-state index in [0.29, 0.717) is 17.1 Å². The van der Waals surface area contributed by atoms with Gasteiger partial charge in [0.05, 0.1) is 19.1 Å². The zero-order chi connectivity index (χ0) is 20.0. The van der Waals surface area contributed by atoms with Gasteiger partial charge in [0.2, 0.25) is 15.9 Å². The van der Waals surface area contributed by atoms with Crippen molar-refractivity contribution in [1.82, 2.24) is 0 Å². The van der Waals surface area contributed by atoms with Crippen molar-refractivity contribution >= 4 is 27.3 Å². The molecule has 2 rings (SSSR count). The number of carbonyl (C=O) groups excluding carboxylic acids is 1. The third-order valence-corrected chi connectivity index (χ3v) is 5.30. The molecule has 6 nitrogen and oxygen atoms in total. The number of benzene rings is 2. The molecule has 2 aromatic carbocycles. The summed E-state index contributed by atoms with van der Waals surface area (Å²) in [5.41, 5.74) is 2.15. The largest absolute Gasteiger partial charge is 0.497 e. The van der Waals surface area contributed by atoms with E-state index < -0.39 is 10.0 Å². The summed E-state index contributed by atoms with van der Waals surface area (Å²) in [5, 5.41) is 2.77. The number of hydrogen-bond donors (Lipinski definition) is 1. The van der Waals surface area contributed by atoms with Crippen LogP contribution in [0, 0.1) is 0 Å². The van der Waals surface area contributed by atoms with Gasteiger partial charge in [0.1, 0.15) is 5.75 Å². The van der Waals surface area contributed by atoms with Crippen LogP contribution < -0.4 is 14.4 Å². The number of sulfonamides is 1. The molecule has 0 aliphatic rings. The molecule has 0 unspecified atom stereocenters. The molecule has 0 saturated carbocycles. The predicted molar refractivity (Wildman–Crippen MR) is 109 cm³/mol. The third kappa shape index (κ3) is 5.72. The van der Waals surface area contributed by atoms with Gasteiger partial charge in [0.25, 0.3) is 0 Å². The van der Waals surface area contributed by atoms with Crippen LogP contribution in [0.3, 0.4) is 0 Å². The second kappa shape index (κ2) is 8.90. The van der Waals surface area contributed by atoms with Crippen molar-refractivity contribution in [2.45, 2.75) is 26.2 Å². The van der Waals surface area contributed by atoms with Crippen LogP contribution in [0.15, 0.2) is 48.5 Å². The Morgan fingerprint density at radius 2 is 1.85 bits per heavy atom. The number of nitrogens with zero attached hydrogens (tertiary/aromatic N) is 1. The maximum Gasteiger partial charge on any atom is 0.232 e. The van der Waals surface area contributed by atoms with Crippen LogP contribution in [0.2, 0.25) is 0 Å². The molecule has 0 atom stereocenters. The van der Waals surface area contributed by atoms with Crippen LogP contribution in [0.1, 0.15) is 31.7 Å². The molecule has 0 aliphatic carbocycles. The fourth-order valence-electron chi connectivity index (χ4n) is 2.80. The first kappa shape index (κ1) is 20.8. The molecule has 0 bridgehead atoms. The number of amides is 1. The Kier molecular flexibility index (Phi) is 6.85. The Balaban J connectivity index is 2.15. The summed E-state index contributed by atoms with van der Waals surface area (Å²) in [6, 6.07) is 14.4. The number of methoxy groups -OCH3 is 1. The van der Waals surface area contributed by atoms with E-state index in [1.165, 1.54) is 4.31 Å². The zero-order valence-electron chi connectivity index (χ0n) is 16.1. The molecule has 0 aromatic heterocycles. The van der Waals surface area contributed by atoms with Gasteiger partial charge in [-0.15, -0.1) is 0 Å². The molecule has 7 heteroatoms. The van der Waals surface area contributed by atoms with Gasteiger partial charge >= 0.3 is 0 Å². The second-order valence-electron chi connectivity index (χ2n) is 6.58. The highest BCUT2D eigenvalue weighted by Crippen LogP contribution is 2.29. The van der Waals surface area contributed by atoms with E-state index in [0.717, 1.165) is 11.8 Å². The van der Waals surface area contributed by atoms with Crippen molar-refractivity contribution in [3.05, 3.63) is 54.1 Å². The van der Waals surface area contributed by atoms with Crippen molar-refractivity contribution in [3.8, 4) is 5.75 Å². The standard InChI is InChI=1S/C20H26N2O4S/c1-15(2)18-10-5-6-11-19(18)22(27(4,24)25)13-12-20(23)21-16-8-7-9-17(14-16)26-3/h5-11,14-15H,12-13H2,1-4H3,(H,21,23). The van der Waals surface area contributed by atoms with Crippen LogP contribution in [0.4, 0.5) is 11.4 Å². The van der Waals surface area contributed by atoms with E-state index >= 15 is 0 Å². The van der Waals surface area contributed by atoms with Gasteiger partial charge in [-0.05, 0) is 29.7 Å². The number of carbonyl (C=O) groups is 1. The number of hydrogen-bond acceptors (Lipinski definition) is 4. The number of ether oxygens (including phenoxy) is 1. The minimum Gasteiger partial charge on any atom is -0.497 e. The summed E-state index contributed by atoms with van der Waals surface area (Å²) in [6.45, 7) is 4.09. The van der Waals surface area contributed by atoms with Crippen LogP contribution in [0.5, 0.6) is 5.75 Å². The van der Waals surface area contributed by atoms with Crippen LogP contribution in [-0.2, 0) is 14.8 Å². The third-order valence-electron chi connectivity index (χ3n) is 4.12. The lowest BCUT2D eigenvalue weighted by molar-refractivity contribution is -0.116. The smallest absolute Gasteiger partial charge is 0.232 e. The maximum atomic E-state index is 12.3. The normalized spacial score (nSPS) is 11.3. The molecule has 1 N–H and O–H groups in total. The van der Waals surface area contributed by atoms with Crippen LogP contribution in [-0.4, -0.2) is 34.2 Å². The predicted octanol–water partition coefficient (Wildman–Crippen LogP) is 3.61. The Bertz CT molecular complexity index is 894. The van der Waals surface area contributed by atoms with Crippen molar-refractivity contribution in [2.75, 3.05) is 29.5 Å². The van der Waals surface area contributed by atoms with Crippen molar-refractivity contribution in [1.29, 1.82) is 0 Å². The molecule has 0 saturated heterocycles. The molecular formula is C20H26N2O4S. The average molecular weight is 391 g/mol. The van der Waals surface area contributed by atoms with Gasteiger partial charge in [0, 0.05) is 24.7 Å². The fourth-order valence-corrected chi connectivity index (χ4v) is 3.74. The Labute approximate surface area is 161 Å². The van der Waals surface area contributed by atoms with E-state index in [9.17, 15) is 13.2 Å². The van der Waals surface area contributed by atoms with Gasteiger partial charge in [-0.2, -0.15) is 0 Å². The Hall–Kier alpha value is -2.54. The topological polar surface area (TPSA) is 75.7 Å². The molecule has 0 fully saturated rings. The van der Waals surface area contributed by atoms with Crippen LogP contribution in [0.25, 0.3) is 0 Å². The van der Waals surface area contributed by atoms with E-state index in [4.69, 9.17) is 4.74 Å². The van der Waals surface area contributed by atoms with Crippen molar-refractivity contribution < 1.29 is 17.9 Å². The minimum atomic E-state index is -3.52. The Morgan fingerprint density at radius 1 is 1.15 bits per heavy atom. The van der Waals surface area contributed by atoms with E-state index in [2.05, 4.69) is 5.32 Å². The van der Waals surface area contributed by atoms with Gasteiger partial charge in [-0.25, -0.2) is 8.42 Å². The first-order valence-corrected chi connectivity index (χ1v) is 10.6. The number of rotatable bonds is 8. The highest BCUT2D eigenvalue weighted by Gasteiger charge is 2.22. The first-order valence-electron chi connectivity index (χ1n) is 8.73. The van der Waals surface area contributed by atoms with Crippen LogP contribution >= 0.6 is 0 Å². The SMILES string of the molecule is COc1cccc(NC(=O)CCN(c2ccccc2C(C)C)S(C)(=O)=O)c1. The molecule has 27 heavy (non-hydrogen) atoms. The Morgan fingerprint density at radius 3 is 2.48 bits per heavy atom. The lowest BCUT2D eigenvalue weighted by Crippen LogP contribution is -2.33. The summed E-state index contributed by atoms with van der Waals surface area (Å²) in [4.78, 5) is 12.3. The molecule has 146 valence electrons. The van der Waals surface area contributed by atoms with Gasteiger partial charge in [0.15, 0.2) is 0 Å². The lowest BCUT2D eigenvalue weighted by Gasteiger charge is -2.26.